The van der Waals surface area contributed by atoms with Gasteiger partial charge in [-0.2, -0.15) is 0 Å². The molecular weight excluding hydrogens is 401 g/mol. The molecule has 0 fully saturated rings. The van der Waals surface area contributed by atoms with Crippen LogP contribution in [-0.4, -0.2) is 29.0 Å². The van der Waals surface area contributed by atoms with Gasteiger partial charge in [0, 0.05) is 22.0 Å². The van der Waals surface area contributed by atoms with Crippen molar-refractivity contribution in [1.82, 2.24) is 0 Å². The summed E-state index contributed by atoms with van der Waals surface area (Å²) in [5.41, 5.74) is 3.14. The number of hydrogen-bond acceptors (Lipinski definition) is 4. The first-order valence-electron chi connectivity index (χ1n) is 8.84. The molecule has 2 aromatic carbocycles. The van der Waals surface area contributed by atoms with E-state index in [-0.39, 0.29) is 19.1 Å². The molecular formula is C21H23Cl2NO4. The van der Waals surface area contributed by atoms with Crippen LogP contribution in [0.5, 0.6) is 0 Å². The minimum Gasteiger partial charge on any atom is -0.479 e. The molecule has 2 rings (SSSR count). The van der Waals surface area contributed by atoms with Crippen molar-refractivity contribution in [2.45, 2.75) is 46.0 Å². The van der Waals surface area contributed by atoms with Crippen LogP contribution >= 0.6 is 23.2 Å². The van der Waals surface area contributed by atoms with Crippen molar-refractivity contribution >= 4 is 34.9 Å². The molecule has 0 aromatic heterocycles. The Bertz CT molecular complexity index is 852. The number of rotatable bonds is 9. The average Bonchev–Trinajstić information content (AvgIpc) is 2.62. The van der Waals surface area contributed by atoms with E-state index in [4.69, 9.17) is 32.8 Å². The average molecular weight is 424 g/mol. The van der Waals surface area contributed by atoms with Crippen molar-refractivity contribution < 1.29 is 19.5 Å². The van der Waals surface area contributed by atoms with Gasteiger partial charge in [0.05, 0.1) is 11.8 Å². The fraction of sp³-hybridized carbons (Fsp3) is 0.333. The van der Waals surface area contributed by atoms with Crippen LogP contribution in [0.15, 0.2) is 47.6 Å². The first-order chi connectivity index (χ1) is 13.3. The molecule has 0 saturated heterocycles. The molecule has 0 amide bonds. The van der Waals surface area contributed by atoms with Gasteiger partial charge in [0.15, 0.2) is 6.10 Å². The molecule has 5 nitrogen and oxygen atoms in total. The zero-order chi connectivity index (χ0) is 20.7. The third kappa shape index (κ3) is 6.82. The van der Waals surface area contributed by atoms with Gasteiger partial charge in [-0.15, -0.1) is 0 Å². The van der Waals surface area contributed by atoms with Crippen molar-refractivity contribution in [3.05, 3.63) is 69.2 Å². The Kier molecular flexibility index (Phi) is 8.30. The maximum atomic E-state index is 11.4. The molecule has 1 unspecified atom stereocenters. The number of nitrogens with zero attached hydrogens (tertiary/aromatic N) is 1. The Morgan fingerprint density at radius 2 is 1.93 bits per heavy atom. The molecule has 0 heterocycles. The number of hydrogen-bond donors (Lipinski definition) is 1. The minimum atomic E-state index is -0.979. The van der Waals surface area contributed by atoms with Gasteiger partial charge in [-0.25, -0.2) is 4.79 Å². The molecule has 0 aliphatic rings. The lowest BCUT2D eigenvalue weighted by Gasteiger charge is -2.16. The largest absolute Gasteiger partial charge is 0.479 e. The van der Waals surface area contributed by atoms with Crippen molar-refractivity contribution in [1.29, 1.82) is 0 Å². The molecule has 28 heavy (non-hydrogen) atoms. The third-order valence-electron chi connectivity index (χ3n) is 3.91. The third-order valence-corrected chi connectivity index (χ3v) is 4.50. The predicted molar refractivity (Wildman–Crippen MR) is 111 cm³/mol. The van der Waals surface area contributed by atoms with Gasteiger partial charge in [0.25, 0.3) is 0 Å². The molecule has 0 spiro atoms. The molecule has 1 atom stereocenters. The molecule has 2 aromatic rings. The second-order valence-corrected chi connectivity index (χ2v) is 7.45. The minimum absolute atomic E-state index is 0.166. The van der Waals surface area contributed by atoms with Gasteiger partial charge >= 0.3 is 5.97 Å². The first-order valence-corrected chi connectivity index (χ1v) is 9.60. The Balaban J connectivity index is 2.05. The van der Waals surface area contributed by atoms with Crippen LogP contribution in [0.3, 0.4) is 0 Å². The van der Waals surface area contributed by atoms with E-state index in [1.54, 1.807) is 18.2 Å². The van der Waals surface area contributed by atoms with Crippen LogP contribution < -0.4 is 0 Å². The van der Waals surface area contributed by atoms with Crippen molar-refractivity contribution in [3.63, 3.8) is 0 Å². The predicted octanol–water partition coefficient (Wildman–Crippen LogP) is 5.35. The smallest absolute Gasteiger partial charge is 0.333 e. The van der Waals surface area contributed by atoms with E-state index < -0.39 is 12.1 Å². The molecule has 0 aliphatic heterocycles. The molecule has 0 saturated carbocycles. The van der Waals surface area contributed by atoms with E-state index in [1.165, 1.54) is 0 Å². The Morgan fingerprint density at radius 3 is 2.57 bits per heavy atom. The lowest BCUT2D eigenvalue weighted by Crippen LogP contribution is -2.29. The van der Waals surface area contributed by atoms with E-state index in [9.17, 15) is 9.90 Å². The number of carboxylic acid groups (broad SMARTS) is 1. The molecule has 1 N–H and O–H groups in total. The number of aliphatic carboxylic acids is 1. The van der Waals surface area contributed by atoms with Crippen LogP contribution in [0.1, 0.15) is 37.5 Å². The zero-order valence-corrected chi connectivity index (χ0v) is 17.5. The molecule has 0 aliphatic carbocycles. The highest BCUT2D eigenvalue weighted by atomic mass is 35.5. The van der Waals surface area contributed by atoms with E-state index in [1.807, 2.05) is 45.0 Å². The van der Waals surface area contributed by atoms with Gasteiger partial charge in [-0.1, -0.05) is 52.6 Å². The van der Waals surface area contributed by atoms with Crippen molar-refractivity contribution in [2.75, 3.05) is 0 Å². The van der Waals surface area contributed by atoms with Crippen LogP contribution in [-0.2, 0) is 27.4 Å². The summed E-state index contributed by atoms with van der Waals surface area (Å²) in [5.74, 6) is -0.979. The molecule has 0 radical (unpaired) electrons. The molecule has 150 valence electrons. The second kappa shape index (κ2) is 10.5. The summed E-state index contributed by atoms with van der Waals surface area (Å²) >= 11 is 12.0. The van der Waals surface area contributed by atoms with E-state index in [0.29, 0.717) is 15.8 Å². The first kappa shape index (κ1) is 22.2. The van der Waals surface area contributed by atoms with Gasteiger partial charge in [0.1, 0.15) is 6.61 Å². The monoisotopic (exact) mass is 423 g/mol. The standard InChI is InChI=1S/C21H23Cl2NO4/c1-13(2)28-20(21(25)26)10-15-5-4-6-16(9-15)14(3)24-27-12-17-7-8-18(22)11-19(17)23/h4-9,11,13,20H,10,12H2,1-3H3,(H,25,26). The second-order valence-electron chi connectivity index (χ2n) is 6.60. The fourth-order valence-electron chi connectivity index (χ4n) is 2.55. The number of ether oxygens (including phenoxy) is 1. The summed E-state index contributed by atoms with van der Waals surface area (Å²) in [4.78, 5) is 16.8. The number of oxime groups is 1. The van der Waals surface area contributed by atoms with Gasteiger partial charge in [-0.3, -0.25) is 0 Å². The van der Waals surface area contributed by atoms with Crippen LogP contribution in [0, 0.1) is 0 Å². The highest BCUT2D eigenvalue weighted by Gasteiger charge is 2.20. The number of carbonyl (C=O) groups is 1. The summed E-state index contributed by atoms with van der Waals surface area (Å²) in [6, 6.07) is 12.7. The summed E-state index contributed by atoms with van der Waals surface area (Å²) in [6.07, 6.45) is -0.785. The Labute approximate surface area is 174 Å². The summed E-state index contributed by atoms with van der Waals surface area (Å²) < 4.78 is 5.47. The van der Waals surface area contributed by atoms with Gasteiger partial charge in [0.2, 0.25) is 0 Å². The van der Waals surface area contributed by atoms with Crippen molar-refractivity contribution in [2.24, 2.45) is 5.16 Å². The number of carboxylic acids is 1. The highest BCUT2D eigenvalue weighted by molar-refractivity contribution is 6.35. The maximum absolute atomic E-state index is 11.4. The molecule has 0 bridgehead atoms. The zero-order valence-electron chi connectivity index (χ0n) is 16.0. The van der Waals surface area contributed by atoms with Crippen molar-refractivity contribution in [3.8, 4) is 0 Å². The van der Waals surface area contributed by atoms with Crippen LogP contribution in [0.2, 0.25) is 10.0 Å². The maximum Gasteiger partial charge on any atom is 0.333 e. The summed E-state index contributed by atoms with van der Waals surface area (Å²) in [7, 11) is 0. The fourth-order valence-corrected chi connectivity index (χ4v) is 3.01. The Morgan fingerprint density at radius 1 is 1.18 bits per heavy atom. The quantitative estimate of drug-likeness (QED) is 0.435. The lowest BCUT2D eigenvalue weighted by molar-refractivity contribution is -0.153. The Hall–Kier alpha value is -2.08. The van der Waals surface area contributed by atoms with Gasteiger partial charge in [-0.05, 0) is 50.1 Å². The number of benzene rings is 2. The topological polar surface area (TPSA) is 68.1 Å². The van der Waals surface area contributed by atoms with E-state index in [0.717, 1.165) is 16.7 Å². The summed E-state index contributed by atoms with van der Waals surface area (Å²) in [6.45, 7) is 5.67. The normalized spacial score (nSPS) is 12.9. The highest BCUT2D eigenvalue weighted by Crippen LogP contribution is 2.21. The SMILES string of the molecule is CC(=NOCc1ccc(Cl)cc1Cl)c1cccc(CC(OC(C)C)C(=O)O)c1. The van der Waals surface area contributed by atoms with Crippen LogP contribution in [0.25, 0.3) is 0 Å². The molecule has 7 heteroatoms. The van der Waals surface area contributed by atoms with E-state index in [2.05, 4.69) is 5.16 Å². The number of halogens is 2. The van der Waals surface area contributed by atoms with Gasteiger partial charge < -0.3 is 14.7 Å². The lowest BCUT2D eigenvalue weighted by atomic mass is 10.0. The van der Waals surface area contributed by atoms with Crippen LogP contribution in [0.4, 0.5) is 0 Å². The van der Waals surface area contributed by atoms with E-state index >= 15 is 0 Å². The summed E-state index contributed by atoms with van der Waals surface area (Å²) in [5, 5.41) is 14.6.